The lowest BCUT2D eigenvalue weighted by Gasteiger charge is -2.38. The Hall–Kier alpha value is -4.81. The van der Waals surface area contributed by atoms with Crippen LogP contribution in [0.3, 0.4) is 0 Å². The molecule has 0 aliphatic heterocycles. The third kappa shape index (κ3) is 18.8. The first-order valence-electron chi connectivity index (χ1n) is 37.3. The van der Waals surface area contributed by atoms with Gasteiger partial charge in [-0.25, -0.2) is 0 Å². The maximum absolute atomic E-state index is 6.84. The molecule has 0 saturated heterocycles. The highest BCUT2D eigenvalue weighted by atomic mass is 28.4. The van der Waals surface area contributed by atoms with Gasteiger partial charge in [0.1, 0.15) is 0 Å². The van der Waals surface area contributed by atoms with Crippen LogP contribution in [0.2, 0.25) is 0 Å². The van der Waals surface area contributed by atoms with Crippen molar-refractivity contribution in [2.24, 2.45) is 0 Å². The van der Waals surface area contributed by atoms with Crippen molar-refractivity contribution in [2.75, 3.05) is 0 Å². The fraction of sp³-hybridized carbons (Fsp3) is 0.524. The van der Waals surface area contributed by atoms with Crippen LogP contribution in [0.1, 0.15) is 238 Å². The topological polar surface area (TPSA) is 111 Å². The van der Waals surface area contributed by atoms with Crippen LogP contribution < -0.4 is 0 Å². The van der Waals surface area contributed by atoms with E-state index in [0.29, 0.717) is 0 Å². The minimum Gasteiger partial charge on any atom is -0.371 e. The van der Waals surface area contributed by atoms with E-state index in [0.717, 1.165) is 88.3 Å². The van der Waals surface area contributed by atoms with Crippen LogP contribution in [0.15, 0.2) is 133 Å². The lowest BCUT2D eigenvalue weighted by atomic mass is 9.81. The Bertz CT molecular complexity index is 3280. The average Bonchev–Trinajstić information content (AvgIpc) is 0.707. The maximum Gasteiger partial charge on any atom is 0.509 e. The second-order valence-electron chi connectivity index (χ2n) is 30.8. The van der Waals surface area contributed by atoms with E-state index < -0.39 is 35.2 Å². The Kier molecular flexibility index (Phi) is 27.5. The van der Waals surface area contributed by atoms with E-state index in [1.165, 1.54) is 10.8 Å². The first-order valence-corrected chi connectivity index (χ1v) is 44.5. The molecule has 4 atom stereocenters. The molecule has 0 aromatic heterocycles. The fourth-order valence-corrected chi connectivity index (χ4v) is 27.5. The van der Waals surface area contributed by atoms with E-state index in [1.807, 2.05) is 0 Å². The van der Waals surface area contributed by atoms with Crippen molar-refractivity contribution in [3.63, 3.8) is 0 Å². The Balaban J connectivity index is 1.44. The molecule has 0 saturated carbocycles. The summed E-state index contributed by atoms with van der Waals surface area (Å²) in [6.07, 6.45) is -1.14. The summed E-state index contributed by atoms with van der Waals surface area (Å²) in [7, 11) is -13.2. The Morgan fingerprint density at radius 1 is 0.180 bits per heavy atom. The molecule has 0 spiro atoms. The van der Waals surface area contributed by atoms with Gasteiger partial charge >= 0.3 is 35.2 Å². The van der Waals surface area contributed by atoms with Crippen molar-refractivity contribution in [1.82, 2.24) is 0 Å². The van der Waals surface area contributed by atoms with Gasteiger partial charge in [-0.1, -0.05) is 149 Å². The quantitative estimate of drug-likeness (QED) is 0.0275. The molecule has 4 unspecified atom stereocenters. The van der Waals surface area contributed by atoms with Crippen molar-refractivity contribution >= 4 is 67.5 Å². The predicted octanol–water partition coefficient (Wildman–Crippen LogP) is 22.7. The van der Waals surface area contributed by atoms with Gasteiger partial charge in [0.15, 0.2) is 0 Å². The second-order valence-corrected chi connectivity index (χ2v) is 41.9. The molecular weight excluding hydrogens is 1310 g/mol. The van der Waals surface area contributed by atoms with Gasteiger partial charge in [-0.15, -0.1) is 0 Å². The summed E-state index contributed by atoms with van der Waals surface area (Å²) in [5.74, 6) is 0. The molecule has 0 aliphatic rings. The largest absolute Gasteiger partial charge is 0.509 e. The van der Waals surface area contributed by atoms with E-state index in [4.69, 9.17) is 53.1 Å². The number of benzene rings is 8. The van der Waals surface area contributed by atoms with Crippen LogP contribution in [0.5, 0.6) is 0 Å². The van der Waals surface area contributed by atoms with Crippen molar-refractivity contribution < 1.29 is 53.1 Å². The molecule has 12 nitrogen and oxygen atoms in total. The zero-order valence-corrected chi connectivity index (χ0v) is 69.8. The molecule has 0 N–H and O–H groups in total. The second kappa shape index (κ2) is 34.0. The smallest absolute Gasteiger partial charge is 0.371 e. The molecule has 100 heavy (non-hydrogen) atoms. The summed E-state index contributed by atoms with van der Waals surface area (Å²) < 4.78 is 82.0. The number of hydrogen-bond acceptors (Lipinski definition) is 12. The lowest BCUT2D eigenvalue weighted by molar-refractivity contribution is -0.00433. The van der Waals surface area contributed by atoms with Gasteiger partial charge in [-0.05, 0) is 277 Å². The molecule has 0 bridgehead atoms. The van der Waals surface area contributed by atoms with Crippen LogP contribution >= 0.6 is 0 Å². The van der Waals surface area contributed by atoms with E-state index in [2.05, 4.69) is 327 Å². The third-order valence-electron chi connectivity index (χ3n) is 17.7. The van der Waals surface area contributed by atoms with E-state index in [1.54, 1.807) is 0 Å². The third-order valence-corrected chi connectivity index (χ3v) is 32.9. The van der Waals surface area contributed by atoms with E-state index >= 15 is 0 Å². The molecule has 0 radical (unpaired) electrons. The predicted molar refractivity (Wildman–Crippen MR) is 423 cm³/mol. The summed E-state index contributed by atoms with van der Waals surface area (Å²) in [4.78, 5) is 0. The maximum atomic E-state index is 6.84. The summed E-state index contributed by atoms with van der Waals surface area (Å²) in [6.45, 7) is 58.4. The highest BCUT2D eigenvalue weighted by molar-refractivity contribution is 6.64. The number of hydrogen-bond donors (Lipinski definition) is 0. The fourth-order valence-electron chi connectivity index (χ4n) is 14.1. The zero-order valence-electron chi connectivity index (χ0n) is 65.8. The molecule has 8 rings (SSSR count). The molecule has 8 aromatic rings. The highest BCUT2D eigenvalue weighted by Crippen LogP contribution is 2.50. The van der Waals surface area contributed by atoms with Gasteiger partial charge in [-0.2, -0.15) is 0 Å². The summed E-state index contributed by atoms with van der Waals surface area (Å²) in [5.41, 5.74) is 12.6. The van der Waals surface area contributed by atoms with Crippen LogP contribution in [-0.2, 0) is 53.1 Å². The van der Waals surface area contributed by atoms with Crippen molar-refractivity contribution in [3.8, 4) is 44.5 Å². The first-order chi connectivity index (χ1) is 46.9. The SMILES string of the molecule is CC(C)O[Si](OC(C)C)(OC(C)C)C(C)c1ccc(-c2cc(-c3ccc(C(C)[Si](OC(C)C)(OC(C)C)OC(C)C)cc3)c3ccc4c(-c5ccc(C(C)[Si](OC(C)C)(OC(C)C)OC(C)C)cc5)cc(-c5ccc(C(C)[Si](OC(C)C)(OC(C)C)OC(C)C)cc5)c5ccc2c3c54)cc1. The summed E-state index contributed by atoms with van der Waals surface area (Å²) in [5, 5.41) is 6.98. The van der Waals surface area contributed by atoms with E-state index in [-0.39, 0.29) is 95.4 Å². The summed E-state index contributed by atoms with van der Waals surface area (Å²) >= 11 is 0. The van der Waals surface area contributed by atoms with Gasteiger partial charge in [0, 0.05) is 73.2 Å². The van der Waals surface area contributed by atoms with Crippen LogP contribution in [0.4, 0.5) is 0 Å². The molecule has 0 heterocycles. The Labute approximate surface area is 606 Å². The Morgan fingerprint density at radius 2 is 0.310 bits per heavy atom. The summed E-state index contributed by atoms with van der Waals surface area (Å²) in [6, 6.07) is 50.5. The van der Waals surface area contributed by atoms with Crippen molar-refractivity contribution in [2.45, 2.75) is 289 Å². The van der Waals surface area contributed by atoms with Crippen LogP contribution in [0, 0.1) is 0 Å². The van der Waals surface area contributed by atoms with Gasteiger partial charge in [-0.3, -0.25) is 0 Å². The zero-order chi connectivity index (χ0) is 73.7. The minimum atomic E-state index is -3.31. The van der Waals surface area contributed by atoms with E-state index in [9.17, 15) is 0 Å². The first kappa shape index (κ1) is 80.9. The molecule has 0 amide bonds. The molecule has 0 fully saturated rings. The van der Waals surface area contributed by atoms with Crippen molar-refractivity contribution in [3.05, 3.63) is 156 Å². The highest BCUT2D eigenvalue weighted by Gasteiger charge is 2.54. The monoisotopic (exact) mass is 1430 g/mol. The molecule has 0 aliphatic carbocycles. The van der Waals surface area contributed by atoms with Crippen LogP contribution in [0.25, 0.3) is 76.8 Å². The molecule has 546 valence electrons. The molecular formula is C84H122O12Si4. The van der Waals surface area contributed by atoms with Crippen LogP contribution in [-0.4, -0.2) is 108 Å². The van der Waals surface area contributed by atoms with Gasteiger partial charge in [0.05, 0.1) is 22.2 Å². The molecule has 8 aromatic carbocycles. The van der Waals surface area contributed by atoms with Gasteiger partial charge in [0.2, 0.25) is 0 Å². The van der Waals surface area contributed by atoms with Gasteiger partial charge in [0.25, 0.3) is 0 Å². The standard InChI is InChI=1S/C84H122O12Si4/c1-51(2)85-97(86-52(3)4,87-53(5)6)63(25)67-29-37-71(38-30-67)79-49-80(72-39-31-68(32-40-72)64(26)98(88-54(7)8,89-55(9)10)90-56(11)12)76-47-48-78-82(74-43-35-70(36-44-74)66(28)100(94-60(19)20,95-61(21)22)96-62(23)24)50-81(77-46-45-75(79)83(76)84(77)78)73-41-33-69(34-42-73)65(27)99(91-57(13)14,92-58(15)16)93-59(17)18/h29-66H,1-28H3. The normalized spacial score (nSPS) is 14.6. The van der Waals surface area contributed by atoms with Gasteiger partial charge < -0.3 is 53.1 Å². The number of rotatable bonds is 36. The minimum absolute atomic E-state index is 0.0951. The Morgan fingerprint density at radius 3 is 0.430 bits per heavy atom. The van der Waals surface area contributed by atoms with Crippen molar-refractivity contribution in [1.29, 1.82) is 0 Å². The lowest BCUT2D eigenvalue weighted by Crippen LogP contribution is -2.55. The average molecular weight is 1440 g/mol. The molecule has 16 heteroatoms.